The molecule has 4 aromatic rings. The van der Waals surface area contributed by atoms with E-state index in [0.717, 1.165) is 39.5 Å². The van der Waals surface area contributed by atoms with Crippen LogP contribution in [-0.2, 0) is 11.8 Å². The average Bonchev–Trinajstić information content (AvgIpc) is 3.52. The maximum atomic E-state index is 13.5. The third kappa shape index (κ3) is 4.77. The molecule has 182 valence electrons. The van der Waals surface area contributed by atoms with Gasteiger partial charge in [-0.15, -0.1) is 10.2 Å². The molecule has 0 bridgehead atoms. The van der Waals surface area contributed by atoms with Gasteiger partial charge in [-0.05, 0) is 35.7 Å². The molecular formula is C28H27N5O2S. The predicted octanol–water partition coefficient (Wildman–Crippen LogP) is 5.27. The van der Waals surface area contributed by atoms with Crippen LogP contribution in [0.1, 0.15) is 29.2 Å². The van der Waals surface area contributed by atoms with E-state index < -0.39 is 0 Å². The maximum absolute atomic E-state index is 13.5. The van der Waals surface area contributed by atoms with E-state index in [0.29, 0.717) is 11.6 Å². The fourth-order valence-corrected chi connectivity index (χ4v) is 5.09. The molecule has 2 heterocycles. The van der Waals surface area contributed by atoms with Crippen LogP contribution in [0.25, 0.3) is 11.4 Å². The quantitative estimate of drug-likeness (QED) is 0.325. The van der Waals surface area contributed by atoms with E-state index in [4.69, 9.17) is 9.84 Å². The van der Waals surface area contributed by atoms with Crippen LogP contribution in [0.5, 0.6) is 5.75 Å². The summed E-state index contributed by atoms with van der Waals surface area (Å²) in [4.78, 5) is 13.5. The van der Waals surface area contributed by atoms with Crippen molar-refractivity contribution in [1.29, 1.82) is 0 Å². The highest BCUT2D eigenvalue weighted by Crippen LogP contribution is 2.34. The molecule has 3 aromatic carbocycles. The van der Waals surface area contributed by atoms with Crippen molar-refractivity contribution in [1.82, 2.24) is 19.8 Å². The summed E-state index contributed by atoms with van der Waals surface area (Å²) in [6.07, 6.45) is 0.647. The van der Waals surface area contributed by atoms with Gasteiger partial charge in [0.1, 0.15) is 5.75 Å². The van der Waals surface area contributed by atoms with Gasteiger partial charge in [-0.3, -0.25) is 4.79 Å². The molecule has 0 aliphatic carbocycles. The molecule has 0 N–H and O–H groups in total. The van der Waals surface area contributed by atoms with Crippen LogP contribution in [-0.4, -0.2) is 44.3 Å². The molecule has 1 aromatic heterocycles. The van der Waals surface area contributed by atoms with Gasteiger partial charge in [-0.2, -0.15) is 5.10 Å². The van der Waals surface area contributed by atoms with Gasteiger partial charge in [0.2, 0.25) is 0 Å². The smallest absolute Gasteiger partial charge is 0.253 e. The van der Waals surface area contributed by atoms with E-state index in [1.807, 2.05) is 84.4 Å². The van der Waals surface area contributed by atoms with Crippen LogP contribution in [0.3, 0.4) is 0 Å². The van der Waals surface area contributed by atoms with Gasteiger partial charge >= 0.3 is 0 Å². The zero-order valence-electron chi connectivity index (χ0n) is 20.5. The molecule has 5 rings (SSSR count). The van der Waals surface area contributed by atoms with Gasteiger partial charge < -0.3 is 9.30 Å². The van der Waals surface area contributed by atoms with E-state index in [9.17, 15) is 4.79 Å². The minimum absolute atomic E-state index is 0.0767. The second-order valence-electron chi connectivity index (χ2n) is 8.61. The number of benzene rings is 3. The third-order valence-electron chi connectivity index (χ3n) is 6.32. The SMILES string of the molecule is COc1ccc(C2CC(c3ccccc3)=NN2C(=O)CSc2nnc(-c3ccccc3C)n2C)cc1. The number of hydrogen-bond donors (Lipinski definition) is 0. The van der Waals surface area contributed by atoms with Gasteiger partial charge in [-0.1, -0.05) is 78.5 Å². The Balaban J connectivity index is 1.37. The monoisotopic (exact) mass is 497 g/mol. The van der Waals surface area contributed by atoms with Crippen molar-refractivity contribution in [2.24, 2.45) is 12.1 Å². The Hall–Kier alpha value is -3.91. The van der Waals surface area contributed by atoms with Crippen LogP contribution in [0.2, 0.25) is 0 Å². The van der Waals surface area contributed by atoms with Crippen molar-refractivity contribution in [2.75, 3.05) is 12.9 Å². The zero-order valence-corrected chi connectivity index (χ0v) is 21.3. The Bertz CT molecular complexity index is 1400. The Kier molecular flexibility index (Phi) is 6.86. The minimum atomic E-state index is -0.179. The fraction of sp³-hybridized carbons (Fsp3) is 0.214. The number of carbonyl (C=O) groups excluding carboxylic acids is 1. The number of carbonyl (C=O) groups is 1. The summed E-state index contributed by atoms with van der Waals surface area (Å²) < 4.78 is 7.24. The van der Waals surface area contributed by atoms with E-state index >= 15 is 0 Å². The van der Waals surface area contributed by atoms with Crippen molar-refractivity contribution in [2.45, 2.75) is 24.5 Å². The molecule has 0 spiro atoms. The van der Waals surface area contributed by atoms with Gasteiger partial charge in [0.15, 0.2) is 11.0 Å². The number of aryl methyl sites for hydroxylation is 1. The summed E-state index contributed by atoms with van der Waals surface area (Å²) in [5, 5.41) is 15.8. The standard InChI is InChI=1S/C28H27N5O2S/c1-19-9-7-8-12-23(19)27-29-30-28(32(27)2)36-18-26(34)33-25(21-13-15-22(35-3)16-14-21)17-24(31-33)20-10-5-4-6-11-20/h4-16,25H,17-18H2,1-3H3. The summed E-state index contributed by atoms with van der Waals surface area (Å²) in [6, 6.07) is 25.7. The fourth-order valence-electron chi connectivity index (χ4n) is 4.32. The molecule has 8 heteroatoms. The maximum Gasteiger partial charge on any atom is 0.253 e. The first kappa shape index (κ1) is 23.8. The van der Waals surface area contributed by atoms with Gasteiger partial charge in [0.05, 0.1) is 24.6 Å². The molecule has 0 saturated heterocycles. The molecule has 1 unspecified atom stereocenters. The third-order valence-corrected chi connectivity index (χ3v) is 7.32. The molecule has 36 heavy (non-hydrogen) atoms. The number of ether oxygens (including phenoxy) is 1. The Morgan fingerprint density at radius 3 is 2.44 bits per heavy atom. The van der Waals surface area contributed by atoms with Crippen molar-refractivity contribution >= 4 is 23.4 Å². The molecule has 1 atom stereocenters. The van der Waals surface area contributed by atoms with Crippen LogP contribution >= 0.6 is 11.8 Å². The first-order valence-corrected chi connectivity index (χ1v) is 12.7. The first-order valence-electron chi connectivity index (χ1n) is 11.7. The summed E-state index contributed by atoms with van der Waals surface area (Å²) in [7, 11) is 3.57. The lowest BCUT2D eigenvalue weighted by Crippen LogP contribution is -2.28. The number of nitrogens with zero attached hydrogens (tertiary/aromatic N) is 5. The number of amides is 1. The predicted molar refractivity (Wildman–Crippen MR) is 142 cm³/mol. The Morgan fingerprint density at radius 2 is 1.72 bits per heavy atom. The summed E-state index contributed by atoms with van der Waals surface area (Å²) in [5.41, 5.74) is 5.10. The Morgan fingerprint density at radius 1 is 1.00 bits per heavy atom. The van der Waals surface area contributed by atoms with Crippen LogP contribution in [0.4, 0.5) is 0 Å². The number of methoxy groups -OCH3 is 1. The lowest BCUT2D eigenvalue weighted by Gasteiger charge is -2.22. The van der Waals surface area contributed by atoms with Crippen LogP contribution in [0.15, 0.2) is 89.1 Å². The highest BCUT2D eigenvalue weighted by atomic mass is 32.2. The first-order chi connectivity index (χ1) is 17.5. The second kappa shape index (κ2) is 10.4. The number of thioether (sulfide) groups is 1. The van der Waals surface area contributed by atoms with Gasteiger partial charge in [-0.25, -0.2) is 5.01 Å². The number of rotatable bonds is 7. The number of hydrogen-bond acceptors (Lipinski definition) is 6. The molecule has 1 aliphatic heterocycles. The van der Waals surface area contributed by atoms with Crippen LogP contribution in [0, 0.1) is 6.92 Å². The molecule has 7 nitrogen and oxygen atoms in total. The normalized spacial score (nSPS) is 15.1. The lowest BCUT2D eigenvalue weighted by molar-refractivity contribution is -0.130. The number of aromatic nitrogens is 3. The molecule has 1 amide bonds. The van der Waals surface area contributed by atoms with E-state index in [1.165, 1.54) is 11.8 Å². The lowest BCUT2D eigenvalue weighted by atomic mass is 9.98. The highest BCUT2D eigenvalue weighted by molar-refractivity contribution is 7.99. The summed E-state index contributed by atoms with van der Waals surface area (Å²) in [6.45, 7) is 2.05. The zero-order chi connectivity index (χ0) is 25.1. The topological polar surface area (TPSA) is 72.6 Å². The Labute approximate surface area is 214 Å². The van der Waals surface area contributed by atoms with Crippen molar-refractivity contribution in [3.8, 4) is 17.1 Å². The molecule has 0 radical (unpaired) electrons. The van der Waals surface area contributed by atoms with Crippen LogP contribution < -0.4 is 4.74 Å². The minimum Gasteiger partial charge on any atom is -0.497 e. The summed E-state index contributed by atoms with van der Waals surface area (Å²) in [5.74, 6) is 1.69. The van der Waals surface area contributed by atoms with Gasteiger partial charge in [0, 0.05) is 19.0 Å². The molecule has 0 fully saturated rings. The number of hydrazone groups is 1. The molecular weight excluding hydrogens is 470 g/mol. The van der Waals surface area contributed by atoms with Crippen molar-refractivity contribution in [3.63, 3.8) is 0 Å². The summed E-state index contributed by atoms with van der Waals surface area (Å²) >= 11 is 1.37. The second-order valence-corrected chi connectivity index (χ2v) is 9.56. The van der Waals surface area contributed by atoms with Gasteiger partial charge in [0.25, 0.3) is 5.91 Å². The molecule has 0 saturated carbocycles. The van der Waals surface area contributed by atoms with E-state index in [1.54, 1.807) is 12.1 Å². The molecule has 1 aliphatic rings. The van der Waals surface area contributed by atoms with E-state index in [2.05, 4.69) is 23.2 Å². The van der Waals surface area contributed by atoms with Crippen molar-refractivity contribution in [3.05, 3.63) is 95.6 Å². The largest absolute Gasteiger partial charge is 0.497 e. The highest BCUT2D eigenvalue weighted by Gasteiger charge is 2.33. The van der Waals surface area contributed by atoms with Crippen molar-refractivity contribution < 1.29 is 9.53 Å². The average molecular weight is 498 g/mol. The van der Waals surface area contributed by atoms with E-state index in [-0.39, 0.29) is 17.7 Å².